The predicted molar refractivity (Wildman–Crippen MR) is 103 cm³/mol. The molecule has 0 saturated carbocycles. The van der Waals surface area contributed by atoms with E-state index in [9.17, 15) is 0 Å². The summed E-state index contributed by atoms with van der Waals surface area (Å²) in [6.45, 7) is 2.92. The van der Waals surface area contributed by atoms with Crippen LogP contribution >= 0.6 is 23.2 Å². The molecule has 1 fully saturated rings. The van der Waals surface area contributed by atoms with Crippen molar-refractivity contribution in [1.29, 1.82) is 0 Å². The van der Waals surface area contributed by atoms with Crippen LogP contribution in [0.4, 0.5) is 5.95 Å². The van der Waals surface area contributed by atoms with Crippen LogP contribution in [0.1, 0.15) is 12.8 Å². The largest absolute Gasteiger partial charge is 0.368 e. The third kappa shape index (κ3) is 3.19. The molecule has 0 spiro atoms. The Morgan fingerprint density at radius 3 is 2.80 bits per heavy atom. The summed E-state index contributed by atoms with van der Waals surface area (Å²) >= 11 is 12.9. The van der Waals surface area contributed by atoms with Crippen molar-refractivity contribution < 1.29 is 0 Å². The first kappa shape index (κ1) is 16.6. The van der Waals surface area contributed by atoms with E-state index in [0.717, 1.165) is 41.9 Å². The number of aromatic nitrogens is 3. The normalized spacial score (nSPS) is 17.9. The lowest BCUT2D eigenvalue weighted by Gasteiger charge is -2.24. The Morgan fingerprint density at radius 2 is 2.08 bits per heavy atom. The first-order valence-electron chi connectivity index (χ1n) is 8.40. The van der Waals surface area contributed by atoms with Crippen molar-refractivity contribution in [3.05, 3.63) is 40.5 Å². The second-order valence-electron chi connectivity index (χ2n) is 6.46. The molecule has 7 heteroatoms. The molecular weight excluding hydrogens is 357 g/mol. The van der Waals surface area contributed by atoms with Gasteiger partial charge in [0.2, 0.25) is 5.95 Å². The minimum absolute atomic E-state index is 0.269. The zero-order valence-corrected chi connectivity index (χ0v) is 15.2. The van der Waals surface area contributed by atoms with E-state index in [4.69, 9.17) is 28.9 Å². The Morgan fingerprint density at radius 1 is 1.28 bits per heavy atom. The number of fused-ring (bicyclic) bond motifs is 1. The summed E-state index contributed by atoms with van der Waals surface area (Å²) in [7, 11) is 0. The van der Waals surface area contributed by atoms with Gasteiger partial charge >= 0.3 is 0 Å². The number of nitrogens with zero attached hydrogens (tertiary/aromatic N) is 3. The molecule has 4 rings (SSSR count). The number of hydrogen-bond acceptors (Lipinski definition) is 4. The molecule has 1 aromatic carbocycles. The van der Waals surface area contributed by atoms with Gasteiger partial charge in [0.25, 0.3) is 0 Å². The summed E-state index contributed by atoms with van der Waals surface area (Å²) in [5.41, 5.74) is 8.44. The van der Waals surface area contributed by atoms with Crippen molar-refractivity contribution in [1.82, 2.24) is 19.9 Å². The molecule has 3 heterocycles. The SMILES string of the molecule is Nc1ncc2cc(-c3c(Cl)cccc3Cl)n(C[C@@H]3CCCNC3)c2n1. The average Bonchev–Trinajstić information content (AvgIpc) is 2.93. The van der Waals surface area contributed by atoms with Gasteiger partial charge < -0.3 is 15.6 Å². The average molecular weight is 376 g/mol. The van der Waals surface area contributed by atoms with Crippen LogP contribution in [0.5, 0.6) is 0 Å². The fourth-order valence-electron chi connectivity index (χ4n) is 3.53. The summed E-state index contributed by atoms with van der Waals surface area (Å²) in [5, 5.41) is 5.65. The molecule has 1 aliphatic heterocycles. The number of anilines is 1. The van der Waals surface area contributed by atoms with Gasteiger partial charge in [0, 0.05) is 23.7 Å². The van der Waals surface area contributed by atoms with E-state index in [1.54, 1.807) is 6.20 Å². The Bertz CT molecular complexity index is 895. The Hall–Kier alpha value is -1.82. The minimum Gasteiger partial charge on any atom is -0.368 e. The van der Waals surface area contributed by atoms with E-state index in [1.165, 1.54) is 12.8 Å². The maximum atomic E-state index is 6.47. The van der Waals surface area contributed by atoms with Crippen LogP contribution in [-0.2, 0) is 6.54 Å². The van der Waals surface area contributed by atoms with Gasteiger partial charge in [0.15, 0.2) is 0 Å². The van der Waals surface area contributed by atoms with Crippen LogP contribution in [0.2, 0.25) is 10.0 Å². The second-order valence-corrected chi connectivity index (χ2v) is 7.27. The van der Waals surface area contributed by atoms with Crippen molar-refractivity contribution in [2.45, 2.75) is 19.4 Å². The van der Waals surface area contributed by atoms with Gasteiger partial charge in [-0.25, -0.2) is 4.98 Å². The van der Waals surface area contributed by atoms with Crippen LogP contribution < -0.4 is 11.1 Å². The fourth-order valence-corrected chi connectivity index (χ4v) is 4.12. The lowest BCUT2D eigenvalue weighted by Crippen LogP contribution is -2.32. The first-order valence-corrected chi connectivity index (χ1v) is 9.16. The van der Waals surface area contributed by atoms with Crippen molar-refractivity contribution in [3.63, 3.8) is 0 Å². The fraction of sp³-hybridized carbons (Fsp3) is 0.333. The molecule has 1 aliphatic rings. The number of benzene rings is 1. The van der Waals surface area contributed by atoms with Crippen LogP contribution in [0, 0.1) is 5.92 Å². The second kappa shape index (κ2) is 6.83. The molecule has 25 heavy (non-hydrogen) atoms. The van der Waals surface area contributed by atoms with E-state index < -0.39 is 0 Å². The summed E-state index contributed by atoms with van der Waals surface area (Å²) in [5.74, 6) is 0.797. The Kier molecular flexibility index (Phi) is 4.54. The standard InChI is InChI=1S/C18H19Cl2N5/c19-13-4-1-5-14(20)16(13)15-7-12-9-23-18(21)24-17(12)25(15)10-11-3-2-6-22-8-11/h1,4-5,7,9,11,22H,2-3,6,8,10H2,(H2,21,23,24)/t11-/m1/s1. The van der Waals surface area contributed by atoms with Gasteiger partial charge in [-0.05, 0) is 50.0 Å². The van der Waals surface area contributed by atoms with E-state index in [1.807, 2.05) is 24.3 Å². The quantitative estimate of drug-likeness (QED) is 0.725. The summed E-state index contributed by atoms with van der Waals surface area (Å²) in [4.78, 5) is 8.59. The minimum atomic E-state index is 0.269. The van der Waals surface area contributed by atoms with Gasteiger partial charge in [-0.2, -0.15) is 4.98 Å². The highest BCUT2D eigenvalue weighted by Gasteiger charge is 2.21. The number of nitrogen functional groups attached to an aromatic ring is 1. The zero-order chi connectivity index (χ0) is 17.4. The molecule has 0 unspecified atom stereocenters. The van der Waals surface area contributed by atoms with Gasteiger partial charge in [-0.15, -0.1) is 0 Å². The molecule has 0 bridgehead atoms. The van der Waals surface area contributed by atoms with Crippen LogP contribution in [0.15, 0.2) is 30.5 Å². The van der Waals surface area contributed by atoms with E-state index in [0.29, 0.717) is 16.0 Å². The zero-order valence-electron chi connectivity index (χ0n) is 13.7. The highest BCUT2D eigenvalue weighted by atomic mass is 35.5. The van der Waals surface area contributed by atoms with Crippen LogP contribution in [-0.4, -0.2) is 27.6 Å². The first-order chi connectivity index (χ1) is 12.1. The number of nitrogens with one attached hydrogen (secondary N) is 1. The molecule has 0 amide bonds. The van der Waals surface area contributed by atoms with Crippen LogP contribution in [0.3, 0.4) is 0 Å². The maximum absolute atomic E-state index is 6.47. The van der Waals surface area contributed by atoms with Gasteiger partial charge in [-0.1, -0.05) is 29.3 Å². The lowest BCUT2D eigenvalue weighted by molar-refractivity contribution is 0.341. The van der Waals surface area contributed by atoms with E-state index >= 15 is 0 Å². The van der Waals surface area contributed by atoms with Crippen molar-refractivity contribution in [3.8, 4) is 11.3 Å². The molecule has 5 nitrogen and oxygen atoms in total. The number of nitrogens with two attached hydrogens (primary N) is 1. The lowest BCUT2D eigenvalue weighted by atomic mass is 9.99. The van der Waals surface area contributed by atoms with Crippen molar-refractivity contribution in [2.24, 2.45) is 5.92 Å². The Labute approximate surface area is 156 Å². The van der Waals surface area contributed by atoms with E-state index in [2.05, 4.69) is 19.9 Å². The van der Waals surface area contributed by atoms with E-state index in [-0.39, 0.29) is 5.95 Å². The molecule has 3 N–H and O–H groups in total. The molecule has 1 saturated heterocycles. The number of hydrogen-bond donors (Lipinski definition) is 2. The molecule has 0 radical (unpaired) electrons. The third-order valence-electron chi connectivity index (χ3n) is 4.71. The molecule has 0 aliphatic carbocycles. The number of halogens is 2. The smallest absolute Gasteiger partial charge is 0.221 e. The molecule has 130 valence electrons. The Balaban J connectivity index is 1.89. The highest BCUT2D eigenvalue weighted by Crippen LogP contribution is 2.38. The summed E-state index contributed by atoms with van der Waals surface area (Å²) < 4.78 is 2.18. The topological polar surface area (TPSA) is 68.8 Å². The van der Waals surface area contributed by atoms with Crippen LogP contribution in [0.25, 0.3) is 22.3 Å². The molecular formula is C18H19Cl2N5. The highest BCUT2D eigenvalue weighted by molar-refractivity contribution is 6.39. The van der Waals surface area contributed by atoms with Gasteiger partial charge in [0.1, 0.15) is 5.65 Å². The monoisotopic (exact) mass is 375 g/mol. The summed E-state index contributed by atoms with van der Waals surface area (Å²) in [6.07, 6.45) is 4.12. The predicted octanol–water partition coefficient (Wildman–Crippen LogP) is 3.99. The number of rotatable bonds is 3. The number of piperidine rings is 1. The molecule has 2 aromatic heterocycles. The maximum Gasteiger partial charge on any atom is 0.221 e. The molecule has 3 aromatic rings. The summed E-state index contributed by atoms with van der Waals surface area (Å²) in [6, 6.07) is 7.60. The van der Waals surface area contributed by atoms with Crippen molar-refractivity contribution >= 4 is 40.2 Å². The third-order valence-corrected chi connectivity index (χ3v) is 5.34. The van der Waals surface area contributed by atoms with Crippen molar-refractivity contribution in [2.75, 3.05) is 18.8 Å². The van der Waals surface area contributed by atoms with Gasteiger partial charge in [0.05, 0.1) is 15.7 Å². The molecule has 1 atom stereocenters. The van der Waals surface area contributed by atoms with Gasteiger partial charge in [-0.3, -0.25) is 0 Å².